The Labute approximate surface area is 160 Å². The third kappa shape index (κ3) is 2.62. The largest absolute Gasteiger partial charge is 0.480 e. The number of ether oxygens (including phenoxy) is 1. The molecule has 1 amide bonds. The van der Waals surface area contributed by atoms with Crippen molar-refractivity contribution in [2.45, 2.75) is 18.4 Å². The number of hydrogen-bond acceptors (Lipinski definition) is 7. The first kappa shape index (κ1) is 16.7. The number of nitrogens with one attached hydrogen (secondary N) is 2. The minimum Gasteiger partial charge on any atom is -0.480 e. The van der Waals surface area contributed by atoms with Crippen molar-refractivity contribution in [1.82, 2.24) is 20.2 Å². The number of carbonyl (C=O) groups is 1. The molecule has 1 saturated heterocycles. The number of aromatic nitrogens is 2. The summed E-state index contributed by atoms with van der Waals surface area (Å²) in [6, 6.07) is 3.94. The number of carbonyl (C=O) groups excluding carboxylic acids is 1. The predicted molar refractivity (Wildman–Crippen MR) is 107 cm³/mol. The van der Waals surface area contributed by atoms with Gasteiger partial charge in [0.05, 0.1) is 35.6 Å². The van der Waals surface area contributed by atoms with Gasteiger partial charge >= 0.3 is 0 Å². The van der Waals surface area contributed by atoms with E-state index in [1.807, 2.05) is 12.1 Å². The molecule has 0 bridgehead atoms. The van der Waals surface area contributed by atoms with Crippen LogP contribution in [0.25, 0.3) is 21.1 Å². The molecule has 140 valence electrons. The van der Waals surface area contributed by atoms with Crippen molar-refractivity contribution in [3.8, 4) is 5.88 Å². The zero-order valence-corrected chi connectivity index (χ0v) is 16.2. The highest BCUT2D eigenvalue weighted by Gasteiger charge is 2.39. The topological polar surface area (TPSA) is 79.4 Å². The molecule has 0 unspecified atom stereocenters. The number of amides is 1. The van der Waals surface area contributed by atoms with E-state index in [-0.39, 0.29) is 11.4 Å². The number of nitrogens with zero attached hydrogens (tertiary/aromatic N) is 3. The lowest BCUT2D eigenvalue weighted by atomic mass is 9.87. The normalized spacial score (nSPS) is 19.6. The summed E-state index contributed by atoms with van der Waals surface area (Å²) in [5.41, 5.74) is 2.26. The van der Waals surface area contributed by atoms with Crippen molar-refractivity contribution >= 4 is 44.1 Å². The van der Waals surface area contributed by atoms with Crippen molar-refractivity contribution in [3.63, 3.8) is 0 Å². The van der Waals surface area contributed by atoms with Crippen LogP contribution in [0.4, 0.5) is 5.69 Å². The van der Waals surface area contributed by atoms with Crippen LogP contribution in [-0.4, -0.2) is 60.1 Å². The van der Waals surface area contributed by atoms with E-state index in [0.29, 0.717) is 5.88 Å². The Kier molecular flexibility index (Phi) is 3.73. The molecule has 0 radical (unpaired) electrons. The molecular formula is C19H21N5O2S. The maximum absolute atomic E-state index is 13.1. The van der Waals surface area contributed by atoms with Gasteiger partial charge in [0, 0.05) is 29.7 Å². The summed E-state index contributed by atoms with van der Waals surface area (Å²) in [6.45, 7) is 2.71. The van der Waals surface area contributed by atoms with Crippen molar-refractivity contribution in [2.24, 2.45) is 0 Å². The molecule has 2 aliphatic rings. The summed E-state index contributed by atoms with van der Waals surface area (Å²) < 4.78 is 6.23. The molecule has 0 atom stereocenters. The van der Waals surface area contributed by atoms with Crippen LogP contribution in [0.3, 0.4) is 0 Å². The SMILES string of the molecule is COc1cnc2c(ccc3sc4c(c32)NCC2(CCN(C)CC2)NC4=O)n1. The fraction of sp³-hybridized carbons (Fsp3) is 0.421. The molecule has 3 aromatic rings. The van der Waals surface area contributed by atoms with E-state index in [9.17, 15) is 4.79 Å². The smallest absolute Gasteiger partial charge is 0.264 e. The monoisotopic (exact) mass is 383 g/mol. The highest BCUT2D eigenvalue weighted by molar-refractivity contribution is 7.21. The van der Waals surface area contributed by atoms with Gasteiger partial charge in [-0.2, -0.15) is 0 Å². The number of hydrogen-bond donors (Lipinski definition) is 2. The molecule has 0 saturated carbocycles. The molecule has 1 fully saturated rings. The van der Waals surface area contributed by atoms with Crippen LogP contribution in [0.15, 0.2) is 18.3 Å². The number of anilines is 1. The lowest BCUT2D eigenvalue weighted by molar-refractivity contribution is 0.0856. The van der Waals surface area contributed by atoms with Gasteiger partial charge in [-0.15, -0.1) is 11.3 Å². The summed E-state index contributed by atoms with van der Waals surface area (Å²) in [5.74, 6) is 0.495. The standard InChI is InChI=1S/C19H21N5O2S/c1-24-7-5-19(6-8-24)10-21-16-14-12(27-17(16)18(25)23-19)4-3-11-15(14)20-9-13(22-11)26-2/h3-4,9,21H,5-8,10H2,1-2H3,(H,23,25). The van der Waals surface area contributed by atoms with Crippen LogP contribution in [0.5, 0.6) is 5.88 Å². The summed E-state index contributed by atoms with van der Waals surface area (Å²) in [6.07, 6.45) is 3.53. The van der Waals surface area contributed by atoms with Gasteiger partial charge in [0.2, 0.25) is 5.88 Å². The Morgan fingerprint density at radius 1 is 1.30 bits per heavy atom. The van der Waals surface area contributed by atoms with E-state index >= 15 is 0 Å². The molecule has 7 nitrogen and oxygen atoms in total. The quantitative estimate of drug-likeness (QED) is 0.672. The summed E-state index contributed by atoms with van der Waals surface area (Å²) >= 11 is 1.51. The number of benzene rings is 1. The first-order valence-corrected chi connectivity index (χ1v) is 9.91. The van der Waals surface area contributed by atoms with Gasteiger partial charge in [-0.3, -0.25) is 4.79 Å². The maximum Gasteiger partial charge on any atom is 0.264 e. The van der Waals surface area contributed by atoms with Gasteiger partial charge in [0.25, 0.3) is 5.91 Å². The van der Waals surface area contributed by atoms with Crippen LogP contribution >= 0.6 is 11.3 Å². The number of likely N-dealkylation sites (tertiary alicyclic amines) is 1. The minimum atomic E-state index is -0.186. The molecule has 4 heterocycles. The lowest BCUT2D eigenvalue weighted by Crippen LogP contribution is -2.57. The molecule has 8 heteroatoms. The van der Waals surface area contributed by atoms with Crippen molar-refractivity contribution < 1.29 is 9.53 Å². The van der Waals surface area contributed by atoms with Gasteiger partial charge in [-0.1, -0.05) is 0 Å². The molecular weight excluding hydrogens is 362 g/mol. The lowest BCUT2D eigenvalue weighted by Gasteiger charge is -2.40. The summed E-state index contributed by atoms with van der Waals surface area (Å²) in [7, 11) is 3.71. The van der Waals surface area contributed by atoms with E-state index in [0.717, 1.165) is 64.2 Å². The summed E-state index contributed by atoms with van der Waals surface area (Å²) in [5, 5.41) is 7.88. The summed E-state index contributed by atoms with van der Waals surface area (Å²) in [4.78, 5) is 25.2. The minimum absolute atomic E-state index is 0.00961. The fourth-order valence-corrected chi connectivity index (χ4v) is 5.10. The number of methoxy groups -OCH3 is 1. The molecule has 2 aromatic heterocycles. The average Bonchev–Trinajstić information content (AvgIpc) is 3.01. The van der Waals surface area contributed by atoms with Crippen molar-refractivity contribution in [1.29, 1.82) is 0 Å². The van der Waals surface area contributed by atoms with Gasteiger partial charge in [0.15, 0.2) is 0 Å². The fourth-order valence-electron chi connectivity index (χ4n) is 4.03. The van der Waals surface area contributed by atoms with Crippen LogP contribution < -0.4 is 15.4 Å². The average molecular weight is 383 g/mol. The first-order valence-electron chi connectivity index (χ1n) is 9.10. The molecule has 2 N–H and O–H groups in total. The van der Waals surface area contributed by atoms with Gasteiger partial charge in [-0.05, 0) is 32.0 Å². The Morgan fingerprint density at radius 2 is 2.11 bits per heavy atom. The zero-order valence-electron chi connectivity index (χ0n) is 15.3. The zero-order chi connectivity index (χ0) is 18.6. The second-order valence-electron chi connectivity index (χ2n) is 7.42. The maximum atomic E-state index is 13.1. The second-order valence-corrected chi connectivity index (χ2v) is 8.47. The molecule has 27 heavy (non-hydrogen) atoms. The van der Waals surface area contributed by atoms with Crippen LogP contribution in [0, 0.1) is 0 Å². The molecule has 1 spiro atoms. The Hall–Kier alpha value is -2.45. The predicted octanol–water partition coefficient (Wildman–Crippen LogP) is 2.47. The van der Waals surface area contributed by atoms with Crippen LogP contribution in [0.2, 0.25) is 0 Å². The Balaban J connectivity index is 1.62. The third-order valence-electron chi connectivity index (χ3n) is 5.68. The second kappa shape index (κ2) is 6.03. The van der Waals surface area contributed by atoms with Gasteiger partial charge in [0.1, 0.15) is 4.88 Å². The van der Waals surface area contributed by atoms with E-state index in [4.69, 9.17) is 4.74 Å². The van der Waals surface area contributed by atoms with Crippen molar-refractivity contribution in [3.05, 3.63) is 23.2 Å². The van der Waals surface area contributed by atoms with Gasteiger partial charge in [-0.25, -0.2) is 9.97 Å². The Morgan fingerprint density at radius 3 is 2.89 bits per heavy atom. The first-order chi connectivity index (χ1) is 13.1. The molecule has 2 aliphatic heterocycles. The van der Waals surface area contributed by atoms with Crippen molar-refractivity contribution in [2.75, 3.05) is 39.1 Å². The van der Waals surface area contributed by atoms with E-state index in [2.05, 4.69) is 32.5 Å². The van der Waals surface area contributed by atoms with Crippen LogP contribution in [0.1, 0.15) is 22.5 Å². The molecule has 5 rings (SSSR count). The van der Waals surface area contributed by atoms with E-state index in [1.54, 1.807) is 13.3 Å². The molecule has 0 aliphatic carbocycles. The van der Waals surface area contributed by atoms with E-state index in [1.165, 1.54) is 11.3 Å². The highest BCUT2D eigenvalue weighted by atomic mass is 32.1. The number of piperidine rings is 1. The van der Waals surface area contributed by atoms with Crippen LogP contribution in [-0.2, 0) is 0 Å². The number of thiophene rings is 1. The highest BCUT2D eigenvalue weighted by Crippen LogP contribution is 2.41. The Bertz CT molecular complexity index is 1060. The van der Waals surface area contributed by atoms with E-state index < -0.39 is 0 Å². The number of rotatable bonds is 1. The third-order valence-corrected chi connectivity index (χ3v) is 6.84. The number of fused-ring (bicyclic) bond motifs is 5. The molecule has 1 aromatic carbocycles. The van der Waals surface area contributed by atoms with Gasteiger partial charge < -0.3 is 20.3 Å².